The van der Waals surface area contributed by atoms with E-state index in [4.69, 9.17) is 0 Å². The first-order valence-electron chi connectivity index (χ1n) is 6.58. The van der Waals surface area contributed by atoms with Gasteiger partial charge >= 0.3 is 0 Å². The minimum atomic E-state index is 0.0508. The molecule has 0 aliphatic carbocycles. The average Bonchev–Trinajstić information content (AvgIpc) is 2.31. The van der Waals surface area contributed by atoms with Crippen molar-refractivity contribution in [1.29, 1.82) is 0 Å². The minimum absolute atomic E-state index is 0.0508. The normalized spacial score (nSPS) is 12.9. The Hall–Kier alpha value is -0.610. The summed E-state index contributed by atoms with van der Waals surface area (Å²) in [4.78, 5) is 11.6. The van der Waals surface area contributed by atoms with Crippen molar-refractivity contribution in [3.05, 3.63) is 33.2 Å². The van der Waals surface area contributed by atoms with Gasteiger partial charge in [-0.15, -0.1) is 0 Å². The first-order valence-corrected chi connectivity index (χ1v) is 7.37. The fourth-order valence-electron chi connectivity index (χ4n) is 1.79. The van der Waals surface area contributed by atoms with Gasteiger partial charge in [-0.3, -0.25) is 4.79 Å². The maximum absolute atomic E-state index is 11.6. The standard InChI is InChI=1S/C14H23BrN2O/c1-11(2)4-5-12(3)16-8-9-17-10-13(15)6-7-14(17)18/h6-7,10-12,16H,4-5,8-9H2,1-3H3. The number of nitrogens with zero attached hydrogens (tertiary/aromatic N) is 1. The van der Waals surface area contributed by atoms with Crippen LogP contribution in [0, 0.1) is 5.92 Å². The van der Waals surface area contributed by atoms with E-state index < -0.39 is 0 Å². The number of halogens is 1. The van der Waals surface area contributed by atoms with E-state index >= 15 is 0 Å². The van der Waals surface area contributed by atoms with E-state index in [0.717, 1.165) is 16.9 Å². The van der Waals surface area contributed by atoms with Crippen LogP contribution < -0.4 is 10.9 Å². The lowest BCUT2D eigenvalue weighted by Gasteiger charge is -2.15. The number of nitrogens with one attached hydrogen (secondary N) is 1. The summed E-state index contributed by atoms with van der Waals surface area (Å²) in [6.45, 7) is 8.23. The Morgan fingerprint density at radius 3 is 2.67 bits per heavy atom. The summed E-state index contributed by atoms with van der Waals surface area (Å²) in [5, 5.41) is 3.46. The third kappa shape index (κ3) is 5.83. The molecule has 0 fully saturated rings. The fourth-order valence-corrected chi connectivity index (χ4v) is 2.17. The van der Waals surface area contributed by atoms with E-state index in [9.17, 15) is 4.79 Å². The summed E-state index contributed by atoms with van der Waals surface area (Å²) in [6, 6.07) is 3.87. The van der Waals surface area contributed by atoms with Gasteiger partial charge in [0.1, 0.15) is 0 Å². The van der Waals surface area contributed by atoms with E-state index in [-0.39, 0.29) is 5.56 Å². The number of hydrogen-bond acceptors (Lipinski definition) is 2. The molecule has 1 heterocycles. The predicted molar refractivity (Wildman–Crippen MR) is 79.9 cm³/mol. The van der Waals surface area contributed by atoms with Crippen LogP contribution in [0.1, 0.15) is 33.6 Å². The smallest absolute Gasteiger partial charge is 0.250 e. The summed E-state index contributed by atoms with van der Waals surface area (Å²) < 4.78 is 2.67. The Bertz CT molecular complexity index is 415. The van der Waals surface area contributed by atoms with Crippen LogP contribution in [0.15, 0.2) is 27.6 Å². The Kier molecular flexibility index (Phi) is 6.65. The monoisotopic (exact) mass is 314 g/mol. The third-order valence-electron chi connectivity index (χ3n) is 2.97. The molecule has 1 aromatic rings. The van der Waals surface area contributed by atoms with Crippen molar-refractivity contribution in [2.24, 2.45) is 5.92 Å². The van der Waals surface area contributed by atoms with Gasteiger partial charge in [0.2, 0.25) is 0 Å². The van der Waals surface area contributed by atoms with Crippen LogP contribution in [0.4, 0.5) is 0 Å². The zero-order valence-electron chi connectivity index (χ0n) is 11.4. The summed E-state index contributed by atoms with van der Waals surface area (Å²) in [6.07, 6.45) is 4.26. The molecule has 0 amide bonds. The van der Waals surface area contributed by atoms with Gasteiger partial charge in [0.15, 0.2) is 0 Å². The first kappa shape index (κ1) is 15.4. The number of aromatic nitrogens is 1. The third-order valence-corrected chi connectivity index (χ3v) is 3.44. The highest BCUT2D eigenvalue weighted by Crippen LogP contribution is 2.06. The van der Waals surface area contributed by atoms with Gasteiger partial charge in [-0.2, -0.15) is 0 Å². The van der Waals surface area contributed by atoms with Gasteiger partial charge in [-0.1, -0.05) is 13.8 Å². The molecule has 0 aliphatic heterocycles. The topological polar surface area (TPSA) is 34.0 Å². The van der Waals surface area contributed by atoms with Gasteiger partial charge in [0, 0.05) is 35.9 Å². The highest BCUT2D eigenvalue weighted by atomic mass is 79.9. The van der Waals surface area contributed by atoms with Crippen molar-refractivity contribution in [2.45, 2.75) is 46.2 Å². The molecule has 1 N–H and O–H groups in total. The lowest BCUT2D eigenvalue weighted by atomic mass is 10.0. The second-order valence-electron chi connectivity index (χ2n) is 5.21. The highest BCUT2D eigenvalue weighted by molar-refractivity contribution is 9.10. The Morgan fingerprint density at radius 1 is 1.28 bits per heavy atom. The van der Waals surface area contributed by atoms with E-state index in [1.54, 1.807) is 16.7 Å². The molecule has 1 rings (SSSR count). The molecule has 0 saturated carbocycles. The molecule has 4 heteroatoms. The molecule has 1 unspecified atom stereocenters. The minimum Gasteiger partial charge on any atom is -0.313 e. The second-order valence-corrected chi connectivity index (χ2v) is 6.12. The Balaban J connectivity index is 2.33. The molecule has 0 spiro atoms. The van der Waals surface area contributed by atoms with Crippen molar-refractivity contribution in [2.75, 3.05) is 6.54 Å². The Morgan fingerprint density at radius 2 is 2.00 bits per heavy atom. The largest absolute Gasteiger partial charge is 0.313 e. The summed E-state index contributed by atoms with van der Waals surface area (Å²) in [5.41, 5.74) is 0.0508. The van der Waals surface area contributed by atoms with E-state index in [1.165, 1.54) is 12.8 Å². The molecule has 0 aromatic carbocycles. The van der Waals surface area contributed by atoms with Crippen LogP contribution in [-0.2, 0) is 6.54 Å². The molecule has 0 aliphatic rings. The van der Waals surface area contributed by atoms with Crippen LogP contribution in [0.3, 0.4) is 0 Å². The van der Waals surface area contributed by atoms with E-state index in [2.05, 4.69) is 42.0 Å². The molecule has 0 saturated heterocycles. The van der Waals surface area contributed by atoms with Crippen LogP contribution >= 0.6 is 15.9 Å². The molecule has 18 heavy (non-hydrogen) atoms. The number of rotatable bonds is 7. The van der Waals surface area contributed by atoms with Gasteiger partial charge in [0.05, 0.1) is 0 Å². The molecule has 0 bridgehead atoms. The van der Waals surface area contributed by atoms with Crippen molar-refractivity contribution in [3.63, 3.8) is 0 Å². The van der Waals surface area contributed by atoms with Crippen molar-refractivity contribution in [1.82, 2.24) is 9.88 Å². The fraction of sp³-hybridized carbons (Fsp3) is 0.643. The quantitative estimate of drug-likeness (QED) is 0.839. The number of pyridine rings is 1. The van der Waals surface area contributed by atoms with Crippen molar-refractivity contribution in [3.8, 4) is 0 Å². The summed E-state index contributed by atoms with van der Waals surface area (Å²) >= 11 is 3.38. The van der Waals surface area contributed by atoms with Crippen LogP contribution in [-0.4, -0.2) is 17.2 Å². The lowest BCUT2D eigenvalue weighted by Crippen LogP contribution is -2.32. The highest BCUT2D eigenvalue weighted by Gasteiger charge is 2.03. The van der Waals surface area contributed by atoms with Gasteiger partial charge in [-0.25, -0.2) is 0 Å². The van der Waals surface area contributed by atoms with Gasteiger partial charge in [0.25, 0.3) is 5.56 Å². The lowest BCUT2D eigenvalue weighted by molar-refractivity contribution is 0.439. The van der Waals surface area contributed by atoms with Gasteiger partial charge < -0.3 is 9.88 Å². The first-order chi connectivity index (χ1) is 8.49. The van der Waals surface area contributed by atoms with Crippen molar-refractivity contribution >= 4 is 15.9 Å². The zero-order valence-corrected chi connectivity index (χ0v) is 13.0. The summed E-state index contributed by atoms with van der Waals surface area (Å²) in [7, 11) is 0. The Labute approximate surface area is 118 Å². The van der Waals surface area contributed by atoms with Crippen LogP contribution in [0.5, 0.6) is 0 Å². The molecule has 1 aromatic heterocycles. The SMILES string of the molecule is CC(C)CCC(C)NCCn1cc(Br)ccc1=O. The van der Waals surface area contributed by atoms with Crippen molar-refractivity contribution < 1.29 is 0 Å². The molecule has 3 nitrogen and oxygen atoms in total. The van der Waals surface area contributed by atoms with Crippen LogP contribution in [0.25, 0.3) is 0 Å². The van der Waals surface area contributed by atoms with E-state index in [0.29, 0.717) is 12.6 Å². The molecule has 1 atom stereocenters. The molecular weight excluding hydrogens is 292 g/mol. The summed E-state index contributed by atoms with van der Waals surface area (Å²) in [5.74, 6) is 0.752. The zero-order chi connectivity index (χ0) is 13.5. The maximum atomic E-state index is 11.6. The maximum Gasteiger partial charge on any atom is 0.250 e. The van der Waals surface area contributed by atoms with Crippen LogP contribution in [0.2, 0.25) is 0 Å². The predicted octanol–water partition coefficient (Wildman–Crippen LogP) is 3.03. The molecule has 0 radical (unpaired) electrons. The second kappa shape index (κ2) is 7.74. The molecular formula is C14H23BrN2O. The average molecular weight is 315 g/mol. The van der Waals surface area contributed by atoms with E-state index in [1.807, 2.05) is 6.20 Å². The number of hydrogen-bond donors (Lipinski definition) is 1. The van der Waals surface area contributed by atoms with Gasteiger partial charge in [-0.05, 0) is 47.7 Å². The molecule has 102 valence electrons.